The first-order valence-electron chi connectivity index (χ1n) is 6.40. The molecule has 0 aliphatic heterocycles. The third-order valence-corrected chi connectivity index (χ3v) is 2.41. The van der Waals surface area contributed by atoms with Gasteiger partial charge in [0.2, 0.25) is 0 Å². The van der Waals surface area contributed by atoms with Gasteiger partial charge in [-0.1, -0.05) is 19.9 Å². The van der Waals surface area contributed by atoms with Crippen molar-refractivity contribution in [1.29, 1.82) is 0 Å². The number of ether oxygens (including phenoxy) is 2. The second-order valence-electron chi connectivity index (χ2n) is 3.91. The lowest BCUT2D eigenvalue weighted by Gasteiger charge is -2.24. The van der Waals surface area contributed by atoms with Crippen molar-refractivity contribution in [3.63, 3.8) is 0 Å². The quantitative estimate of drug-likeness (QED) is 0.382. The van der Waals surface area contributed by atoms with Crippen LogP contribution in [-0.2, 0) is 19.1 Å². The Morgan fingerprint density at radius 1 is 1.05 bits per heavy atom. The number of allylic oxidation sites excluding steroid dienone is 2. The highest BCUT2D eigenvalue weighted by Gasteiger charge is 2.15. The number of rotatable bonds is 8. The van der Waals surface area contributed by atoms with Crippen molar-refractivity contribution in [3.8, 4) is 0 Å². The molecular weight excluding hydrogens is 246 g/mol. The second-order valence-corrected chi connectivity index (χ2v) is 3.91. The molecule has 0 amide bonds. The molecule has 0 aliphatic rings. The molecule has 0 N–H and O–H groups in total. The van der Waals surface area contributed by atoms with E-state index in [1.807, 2.05) is 18.7 Å². The molecule has 0 aliphatic carbocycles. The molecule has 0 aromatic carbocycles. The third kappa shape index (κ3) is 6.64. The summed E-state index contributed by atoms with van der Waals surface area (Å²) in [5.74, 6) is -0.866. The van der Waals surface area contributed by atoms with Gasteiger partial charge in [-0.2, -0.15) is 0 Å². The maximum atomic E-state index is 11.8. The minimum Gasteiger partial charge on any atom is -0.466 e. The molecule has 5 heteroatoms. The van der Waals surface area contributed by atoms with Crippen molar-refractivity contribution >= 4 is 11.9 Å². The molecular formula is C14H23NO4. The first kappa shape index (κ1) is 17.2. The topological polar surface area (TPSA) is 55.8 Å². The van der Waals surface area contributed by atoms with E-state index in [0.29, 0.717) is 5.70 Å². The van der Waals surface area contributed by atoms with Gasteiger partial charge in [-0.05, 0) is 18.9 Å². The molecule has 0 radical (unpaired) electrons. The Hall–Kier alpha value is -1.78. The predicted octanol–water partition coefficient (Wildman–Crippen LogP) is 1.89. The van der Waals surface area contributed by atoms with Gasteiger partial charge in [0, 0.05) is 19.2 Å². The van der Waals surface area contributed by atoms with Crippen molar-refractivity contribution < 1.29 is 19.1 Å². The summed E-state index contributed by atoms with van der Waals surface area (Å²) in [4.78, 5) is 24.7. The normalized spacial score (nSPS) is 11.5. The molecule has 0 saturated heterocycles. The molecule has 0 fully saturated rings. The Morgan fingerprint density at radius 3 is 2.05 bits per heavy atom. The number of nitrogens with zero attached hydrogens (tertiary/aromatic N) is 1. The number of hydrogen-bond acceptors (Lipinski definition) is 5. The fourth-order valence-corrected chi connectivity index (χ4v) is 1.59. The second kappa shape index (κ2) is 10.2. The van der Waals surface area contributed by atoms with E-state index in [-0.39, 0.29) is 0 Å². The summed E-state index contributed by atoms with van der Waals surface area (Å²) >= 11 is 0. The smallest absolute Gasteiger partial charge is 0.354 e. The standard InChI is InChI=1S/C14H23NO4/c1-5-10-15(11-6-2)12(14(17)19-4)8-7-9-13(16)18-3/h7-9H,5-6,10-11H2,1-4H3/b9-7+,12-8+. The molecule has 0 spiro atoms. The summed E-state index contributed by atoms with van der Waals surface area (Å²) in [7, 11) is 2.65. The van der Waals surface area contributed by atoms with Crippen molar-refractivity contribution in [2.24, 2.45) is 0 Å². The summed E-state index contributed by atoms with van der Waals surface area (Å²) in [6, 6.07) is 0. The highest BCUT2D eigenvalue weighted by Crippen LogP contribution is 2.09. The predicted molar refractivity (Wildman–Crippen MR) is 73.4 cm³/mol. The van der Waals surface area contributed by atoms with Crippen LogP contribution in [0.2, 0.25) is 0 Å². The van der Waals surface area contributed by atoms with Gasteiger partial charge in [0.25, 0.3) is 0 Å². The summed E-state index contributed by atoms with van der Waals surface area (Å²) in [6.07, 6.45) is 6.19. The maximum absolute atomic E-state index is 11.8. The van der Waals surface area contributed by atoms with E-state index in [0.717, 1.165) is 25.9 Å². The largest absolute Gasteiger partial charge is 0.466 e. The molecule has 0 aromatic rings. The summed E-state index contributed by atoms with van der Waals surface area (Å²) in [5.41, 5.74) is 0.450. The number of carbonyl (C=O) groups is 2. The van der Waals surface area contributed by atoms with E-state index in [1.54, 1.807) is 6.08 Å². The maximum Gasteiger partial charge on any atom is 0.354 e. The van der Waals surface area contributed by atoms with Gasteiger partial charge < -0.3 is 14.4 Å². The number of hydrogen-bond donors (Lipinski definition) is 0. The lowest BCUT2D eigenvalue weighted by molar-refractivity contribution is -0.138. The van der Waals surface area contributed by atoms with E-state index < -0.39 is 11.9 Å². The van der Waals surface area contributed by atoms with Crippen molar-refractivity contribution in [1.82, 2.24) is 4.90 Å². The first-order chi connectivity index (χ1) is 9.10. The summed E-state index contributed by atoms with van der Waals surface area (Å²) in [5, 5.41) is 0. The van der Waals surface area contributed by atoms with E-state index in [1.165, 1.54) is 26.4 Å². The number of methoxy groups -OCH3 is 2. The van der Waals surface area contributed by atoms with Crippen molar-refractivity contribution in [2.75, 3.05) is 27.3 Å². The van der Waals surface area contributed by atoms with Gasteiger partial charge in [0.15, 0.2) is 0 Å². The Bertz CT molecular complexity index is 341. The van der Waals surface area contributed by atoms with Crippen LogP contribution in [-0.4, -0.2) is 44.1 Å². The van der Waals surface area contributed by atoms with Crippen LogP contribution in [0.4, 0.5) is 0 Å². The van der Waals surface area contributed by atoms with Crippen LogP contribution in [0, 0.1) is 0 Å². The van der Waals surface area contributed by atoms with E-state index in [2.05, 4.69) is 4.74 Å². The average molecular weight is 269 g/mol. The van der Waals surface area contributed by atoms with Gasteiger partial charge in [-0.15, -0.1) is 0 Å². The zero-order valence-corrected chi connectivity index (χ0v) is 12.1. The third-order valence-electron chi connectivity index (χ3n) is 2.41. The molecule has 108 valence electrons. The summed E-state index contributed by atoms with van der Waals surface area (Å²) in [6.45, 7) is 5.62. The molecule has 5 nitrogen and oxygen atoms in total. The minimum atomic E-state index is -0.460. The zero-order chi connectivity index (χ0) is 14.7. The van der Waals surface area contributed by atoms with E-state index >= 15 is 0 Å². The van der Waals surface area contributed by atoms with E-state index in [9.17, 15) is 9.59 Å². The van der Waals surface area contributed by atoms with Crippen LogP contribution in [0.5, 0.6) is 0 Å². The molecule has 0 saturated carbocycles. The molecule has 0 rings (SSSR count). The Morgan fingerprint density at radius 2 is 1.63 bits per heavy atom. The van der Waals surface area contributed by atoms with Gasteiger partial charge >= 0.3 is 11.9 Å². The first-order valence-corrected chi connectivity index (χ1v) is 6.40. The average Bonchev–Trinajstić information content (AvgIpc) is 2.42. The number of esters is 2. The molecule has 0 atom stereocenters. The van der Waals surface area contributed by atoms with Gasteiger partial charge in [-0.3, -0.25) is 0 Å². The monoisotopic (exact) mass is 269 g/mol. The minimum absolute atomic E-state index is 0.406. The van der Waals surface area contributed by atoms with Gasteiger partial charge in [0.05, 0.1) is 14.2 Å². The van der Waals surface area contributed by atoms with Crippen LogP contribution in [0.15, 0.2) is 23.9 Å². The Kier molecular flexibility index (Phi) is 9.22. The molecule has 0 aromatic heterocycles. The van der Waals surface area contributed by atoms with Gasteiger partial charge in [0.1, 0.15) is 5.70 Å². The van der Waals surface area contributed by atoms with Crippen LogP contribution in [0.3, 0.4) is 0 Å². The SMILES string of the molecule is CCCN(CCC)/C(=C/C=C/C(=O)OC)C(=O)OC. The van der Waals surface area contributed by atoms with Gasteiger partial charge in [-0.25, -0.2) is 9.59 Å². The molecule has 0 heterocycles. The van der Waals surface area contributed by atoms with Crippen molar-refractivity contribution in [3.05, 3.63) is 23.9 Å². The summed E-state index contributed by atoms with van der Waals surface area (Å²) < 4.78 is 9.26. The van der Waals surface area contributed by atoms with Crippen LogP contribution >= 0.6 is 0 Å². The van der Waals surface area contributed by atoms with Crippen LogP contribution < -0.4 is 0 Å². The highest BCUT2D eigenvalue weighted by molar-refractivity contribution is 5.88. The van der Waals surface area contributed by atoms with Crippen LogP contribution in [0.1, 0.15) is 26.7 Å². The molecule has 0 bridgehead atoms. The lowest BCUT2D eigenvalue weighted by Crippen LogP contribution is -2.29. The highest BCUT2D eigenvalue weighted by atomic mass is 16.5. The van der Waals surface area contributed by atoms with Crippen molar-refractivity contribution in [2.45, 2.75) is 26.7 Å². The Labute approximate surface area is 114 Å². The Balaban J connectivity index is 5.05. The molecule has 19 heavy (non-hydrogen) atoms. The zero-order valence-electron chi connectivity index (χ0n) is 12.1. The van der Waals surface area contributed by atoms with E-state index in [4.69, 9.17) is 4.74 Å². The van der Waals surface area contributed by atoms with Crippen LogP contribution in [0.25, 0.3) is 0 Å². The number of carbonyl (C=O) groups excluding carboxylic acids is 2. The molecule has 0 unspecified atom stereocenters. The fourth-order valence-electron chi connectivity index (χ4n) is 1.59. The fraction of sp³-hybridized carbons (Fsp3) is 0.571. The lowest BCUT2D eigenvalue weighted by atomic mass is 10.2.